The number of alkyl halides is 1. The van der Waals surface area contributed by atoms with Gasteiger partial charge in [-0.1, -0.05) is 0 Å². The van der Waals surface area contributed by atoms with Crippen molar-refractivity contribution in [2.24, 2.45) is 5.10 Å². The fraction of sp³-hybridized carbons (Fsp3) is 0.333. The Hall–Kier alpha value is -1.47. The number of hydrazone groups is 1. The summed E-state index contributed by atoms with van der Waals surface area (Å²) in [6.07, 6.45) is 0.614. The topological polar surface area (TPSA) is 83.5 Å². The van der Waals surface area contributed by atoms with Crippen molar-refractivity contribution in [1.82, 2.24) is 10.4 Å². The highest BCUT2D eigenvalue weighted by Crippen LogP contribution is 2.17. The molecule has 0 spiro atoms. The first kappa shape index (κ1) is 12.0. The van der Waals surface area contributed by atoms with Crippen LogP contribution in [0.4, 0.5) is 5.13 Å². The quantitative estimate of drug-likeness (QED) is 0.808. The molecule has 1 aromatic rings. The van der Waals surface area contributed by atoms with Crippen LogP contribution in [0.25, 0.3) is 0 Å². The molecule has 0 saturated heterocycles. The molecule has 2 amide bonds. The smallest absolute Gasteiger partial charge is 0.273 e. The number of amides is 2. The van der Waals surface area contributed by atoms with Crippen LogP contribution in [0.5, 0.6) is 0 Å². The number of anilines is 1. The van der Waals surface area contributed by atoms with E-state index in [2.05, 4.69) is 20.8 Å². The van der Waals surface area contributed by atoms with E-state index >= 15 is 0 Å². The molecule has 2 N–H and O–H groups in total. The molecular formula is C9H9ClN4O2S. The minimum atomic E-state index is -0.347. The van der Waals surface area contributed by atoms with Gasteiger partial charge in [0.2, 0.25) is 5.91 Å². The Morgan fingerprint density at radius 1 is 1.59 bits per heavy atom. The Labute approximate surface area is 106 Å². The molecule has 1 aliphatic rings. The zero-order valence-corrected chi connectivity index (χ0v) is 10.3. The van der Waals surface area contributed by atoms with Crippen LogP contribution in [0.1, 0.15) is 18.5 Å². The van der Waals surface area contributed by atoms with E-state index in [-0.39, 0.29) is 18.2 Å². The summed E-state index contributed by atoms with van der Waals surface area (Å²) in [5.41, 5.74) is 3.28. The van der Waals surface area contributed by atoms with Crippen LogP contribution in [0, 0.1) is 0 Å². The molecule has 1 aliphatic heterocycles. The molecule has 2 heterocycles. The molecule has 90 valence electrons. The second kappa shape index (κ2) is 5.24. The van der Waals surface area contributed by atoms with E-state index in [1.807, 2.05) is 0 Å². The zero-order chi connectivity index (χ0) is 12.3. The van der Waals surface area contributed by atoms with Gasteiger partial charge < -0.3 is 0 Å². The molecule has 2 rings (SSSR count). The molecule has 17 heavy (non-hydrogen) atoms. The molecule has 0 fully saturated rings. The van der Waals surface area contributed by atoms with Gasteiger partial charge in [-0.15, -0.1) is 22.9 Å². The van der Waals surface area contributed by atoms with Crippen LogP contribution in [0.15, 0.2) is 10.5 Å². The molecule has 0 saturated carbocycles. The average Bonchev–Trinajstić information content (AvgIpc) is 2.77. The number of aromatic nitrogens is 1. The fourth-order valence-corrected chi connectivity index (χ4v) is 2.17. The molecule has 0 aromatic carbocycles. The van der Waals surface area contributed by atoms with Crippen molar-refractivity contribution >= 4 is 45.6 Å². The molecule has 0 bridgehead atoms. The van der Waals surface area contributed by atoms with Gasteiger partial charge in [0.25, 0.3) is 5.91 Å². The van der Waals surface area contributed by atoms with Gasteiger partial charge in [0.15, 0.2) is 5.13 Å². The maximum Gasteiger partial charge on any atom is 0.273 e. The highest BCUT2D eigenvalue weighted by atomic mass is 35.5. The van der Waals surface area contributed by atoms with Gasteiger partial charge in [-0.05, 0) is 0 Å². The van der Waals surface area contributed by atoms with E-state index in [0.717, 1.165) is 0 Å². The lowest BCUT2D eigenvalue weighted by molar-refractivity contribution is -0.121. The summed E-state index contributed by atoms with van der Waals surface area (Å²) in [7, 11) is 0. The van der Waals surface area contributed by atoms with Crippen molar-refractivity contribution < 1.29 is 9.59 Å². The van der Waals surface area contributed by atoms with Crippen molar-refractivity contribution in [1.29, 1.82) is 0 Å². The fourth-order valence-electron chi connectivity index (χ4n) is 1.23. The standard InChI is InChI=1S/C9H9ClN4O2S/c10-3-5-4-17-9(11-5)12-8(16)6-1-2-7(15)14-13-6/h4H,1-3H2,(H,14,15)(H,11,12,16). The summed E-state index contributed by atoms with van der Waals surface area (Å²) in [5, 5.41) is 8.55. The summed E-state index contributed by atoms with van der Waals surface area (Å²) in [5.74, 6) is -0.218. The maximum atomic E-state index is 11.7. The van der Waals surface area contributed by atoms with E-state index in [4.69, 9.17) is 11.6 Å². The third-order valence-corrected chi connectivity index (χ3v) is 3.16. The highest BCUT2D eigenvalue weighted by molar-refractivity contribution is 7.14. The number of hydrogen-bond donors (Lipinski definition) is 2. The van der Waals surface area contributed by atoms with Gasteiger partial charge in [0, 0.05) is 18.2 Å². The van der Waals surface area contributed by atoms with Gasteiger partial charge >= 0.3 is 0 Å². The summed E-state index contributed by atoms with van der Waals surface area (Å²) in [6.45, 7) is 0. The Bertz CT molecular complexity index is 485. The van der Waals surface area contributed by atoms with Crippen molar-refractivity contribution in [3.63, 3.8) is 0 Å². The number of nitrogens with one attached hydrogen (secondary N) is 2. The molecular weight excluding hydrogens is 264 g/mol. The van der Waals surface area contributed by atoms with Gasteiger partial charge in [0.1, 0.15) is 5.71 Å². The number of carbonyl (C=O) groups is 2. The lowest BCUT2D eigenvalue weighted by atomic mass is 10.2. The normalized spacial score (nSPS) is 15.1. The SMILES string of the molecule is O=C1CCC(C(=O)Nc2nc(CCl)cs2)=NN1. The maximum absolute atomic E-state index is 11.7. The lowest BCUT2D eigenvalue weighted by Gasteiger charge is -2.10. The second-order valence-electron chi connectivity index (χ2n) is 3.33. The largest absolute Gasteiger partial charge is 0.297 e. The van der Waals surface area contributed by atoms with Crippen LogP contribution in [-0.2, 0) is 15.5 Å². The third kappa shape index (κ3) is 3.01. The summed E-state index contributed by atoms with van der Waals surface area (Å²) in [6, 6.07) is 0. The van der Waals surface area contributed by atoms with Crippen molar-refractivity contribution in [3.05, 3.63) is 11.1 Å². The van der Waals surface area contributed by atoms with Gasteiger partial charge in [-0.3, -0.25) is 14.9 Å². The lowest BCUT2D eigenvalue weighted by Crippen LogP contribution is -2.32. The van der Waals surface area contributed by atoms with E-state index in [0.29, 0.717) is 28.8 Å². The molecule has 0 unspecified atom stereocenters. The van der Waals surface area contributed by atoms with E-state index in [1.165, 1.54) is 11.3 Å². The summed E-state index contributed by atoms with van der Waals surface area (Å²) >= 11 is 6.90. The van der Waals surface area contributed by atoms with Crippen LogP contribution in [-0.4, -0.2) is 22.5 Å². The monoisotopic (exact) mass is 272 g/mol. The Balaban J connectivity index is 1.99. The number of carbonyl (C=O) groups excluding carboxylic acids is 2. The first-order valence-electron chi connectivity index (χ1n) is 4.86. The number of hydrogen-bond acceptors (Lipinski definition) is 5. The minimum Gasteiger partial charge on any atom is -0.297 e. The Morgan fingerprint density at radius 2 is 2.41 bits per heavy atom. The Morgan fingerprint density at radius 3 is 3.00 bits per heavy atom. The second-order valence-corrected chi connectivity index (χ2v) is 4.45. The predicted molar refractivity (Wildman–Crippen MR) is 65.1 cm³/mol. The first-order chi connectivity index (χ1) is 8.19. The number of thiazole rings is 1. The van der Waals surface area contributed by atoms with Crippen LogP contribution >= 0.6 is 22.9 Å². The van der Waals surface area contributed by atoms with E-state index < -0.39 is 0 Å². The van der Waals surface area contributed by atoms with Crippen LogP contribution in [0.2, 0.25) is 0 Å². The number of nitrogens with zero attached hydrogens (tertiary/aromatic N) is 2. The van der Waals surface area contributed by atoms with Crippen molar-refractivity contribution in [2.45, 2.75) is 18.7 Å². The van der Waals surface area contributed by atoms with Crippen LogP contribution < -0.4 is 10.7 Å². The van der Waals surface area contributed by atoms with Crippen molar-refractivity contribution in [2.75, 3.05) is 5.32 Å². The van der Waals surface area contributed by atoms with Gasteiger partial charge in [-0.2, -0.15) is 5.10 Å². The van der Waals surface area contributed by atoms with Gasteiger partial charge in [-0.25, -0.2) is 10.4 Å². The van der Waals surface area contributed by atoms with Crippen LogP contribution in [0.3, 0.4) is 0 Å². The number of rotatable bonds is 3. The molecule has 1 aromatic heterocycles. The number of halogens is 1. The van der Waals surface area contributed by atoms with E-state index in [9.17, 15) is 9.59 Å². The van der Waals surface area contributed by atoms with Crippen molar-refractivity contribution in [3.8, 4) is 0 Å². The molecule has 6 nitrogen and oxygen atoms in total. The zero-order valence-electron chi connectivity index (χ0n) is 8.70. The van der Waals surface area contributed by atoms with Gasteiger partial charge in [0.05, 0.1) is 11.6 Å². The van der Waals surface area contributed by atoms with E-state index in [1.54, 1.807) is 5.38 Å². The summed E-state index contributed by atoms with van der Waals surface area (Å²) < 4.78 is 0. The Kier molecular flexibility index (Phi) is 3.70. The minimum absolute atomic E-state index is 0.180. The molecule has 8 heteroatoms. The predicted octanol–water partition coefficient (Wildman–Crippen LogP) is 1.09. The summed E-state index contributed by atoms with van der Waals surface area (Å²) in [4.78, 5) is 26.7. The highest BCUT2D eigenvalue weighted by Gasteiger charge is 2.19. The first-order valence-corrected chi connectivity index (χ1v) is 6.27. The molecule has 0 aliphatic carbocycles. The molecule has 0 atom stereocenters. The third-order valence-electron chi connectivity index (χ3n) is 2.08. The average molecular weight is 273 g/mol. The molecule has 0 radical (unpaired) electrons.